The minimum Gasteiger partial charge on any atom is -0.380 e. The van der Waals surface area contributed by atoms with E-state index in [-0.39, 0.29) is 24.0 Å². The van der Waals surface area contributed by atoms with Gasteiger partial charge in [-0.3, -0.25) is 0 Å². The minimum absolute atomic E-state index is 0. The largest absolute Gasteiger partial charge is 0.380 e. The van der Waals surface area contributed by atoms with Crippen LogP contribution in [0.1, 0.15) is 19.4 Å². The van der Waals surface area contributed by atoms with Crippen LogP contribution in [0.3, 0.4) is 0 Å². The van der Waals surface area contributed by atoms with E-state index in [2.05, 4.69) is 33.6 Å². The first-order valence-corrected chi connectivity index (χ1v) is 7.40. The molecular formula is C15H28IN5O. The van der Waals surface area contributed by atoms with Gasteiger partial charge < -0.3 is 20.3 Å². The van der Waals surface area contributed by atoms with Crippen LogP contribution in [0.5, 0.6) is 0 Å². The number of guanidine groups is 1. The van der Waals surface area contributed by atoms with Crippen LogP contribution >= 0.6 is 24.0 Å². The second-order valence-electron chi connectivity index (χ2n) is 4.70. The minimum atomic E-state index is 0. The zero-order chi connectivity index (χ0) is 15.5. The molecule has 0 spiro atoms. The number of pyridine rings is 1. The highest BCUT2D eigenvalue weighted by Gasteiger charge is 2.05. The fourth-order valence-electron chi connectivity index (χ4n) is 1.85. The van der Waals surface area contributed by atoms with Crippen molar-refractivity contribution >= 4 is 35.8 Å². The third-order valence-electron chi connectivity index (χ3n) is 2.79. The number of nitrogens with one attached hydrogen (secondary N) is 2. The standard InChI is InChI=1S/C15H27N5O.HI/c1-5-16-15(18-10-11-21-6-2)19-12-13-8-7-9-17-14(13)20(3)4;/h7-9H,5-6,10-12H2,1-4H3,(H2,16,18,19);1H. The molecule has 1 heterocycles. The number of ether oxygens (including phenoxy) is 1. The van der Waals surface area contributed by atoms with Gasteiger partial charge in [0.1, 0.15) is 5.82 Å². The number of aliphatic imine (C=N–C) groups is 1. The third kappa shape index (κ3) is 7.79. The summed E-state index contributed by atoms with van der Waals surface area (Å²) in [5.74, 6) is 1.75. The van der Waals surface area contributed by atoms with Crippen LogP contribution in [0.4, 0.5) is 5.82 Å². The molecule has 1 aromatic rings. The average Bonchev–Trinajstić information content (AvgIpc) is 2.49. The van der Waals surface area contributed by atoms with Crippen LogP contribution in [0, 0.1) is 0 Å². The van der Waals surface area contributed by atoms with Crippen LogP contribution < -0.4 is 15.5 Å². The maximum atomic E-state index is 5.31. The molecule has 0 bridgehead atoms. The molecule has 1 rings (SSSR count). The number of hydrogen-bond donors (Lipinski definition) is 2. The van der Waals surface area contributed by atoms with Crippen molar-refractivity contribution in [2.24, 2.45) is 4.99 Å². The molecule has 0 aliphatic heterocycles. The van der Waals surface area contributed by atoms with Gasteiger partial charge in [0.15, 0.2) is 5.96 Å². The monoisotopic (exact) mass is 421 g/mol. The van der Waals surface area contributed by atoms with E-state index >= 15 is 0 Å². The number of anilines is 1. The Hall–Kier alpha value is -1.09. The van der Waals surface area contributed by atoms with Gasteiger partial charge in [-0.2, -0.15) is 0 Å². The van der Waals surface area contributed by atoms with Gasteiger partial charge in [-0.15, -0.1) is 24.0 Å². The molecule has 0 aromatic carbocycles. The molecule has 0 amide bonds. The Balaban J connectivity index is 0.00000441. The number of nitrogens with zero attached hydrogens (tertiary/aromatic N) is 3. The summed E-state index contributed by atoms with van der Waals surface area (Å²) in [5, 5.41) is 6.48. The second-order valence-corrected chi connectivity index (χ2v) is 4.70. The summed E-state index contributed by atoms with van der Waals surface area (Å²) in [4.78, 5) is 11.0. The molecule has 7 heteroatoms. The molecule has 0 saturated heterocycles. The molecule has 0 aliphatic rings. The first kappa shape index (κ1) is 20.9. The Labute approximate surface area is 150 Å². The van der Waals surface area contributed by atoms with Crippen molar-refractivity contribution in [3.63, 3.8) is 0 Å². The maximum Gasteiger partial charge on any atom is 0.191 e. The molecule has 0 atom stereocenters. The third-order valence-corrected chi connectivity index (χ3v) is 2.79. The number of halogens is 1. The van der Waals surface area contributed by atoms with Crippen molar-refractivity contribution in [2.45, 2.75) is 20.4 Å². The van der Waals surface area contributed by atoms with E-state index in [1.807, 2.05) is 32.0 Å². The lowest BCUT2D eigenvalue weighted by molar-refractivity contribution is 0.152. The highest BCUT2D eigenvalue weighted by Crippen LogP contribution is 2.15. The SMILES string of the molecule is CCNC(=NCc1cccnc1N(C)C)NCCOCC.I. The van der Waals surface area contributed by atoms with Crippen molar-refractivity contribution < 1.29 is 4.74 Å². The van der Waals surface area contributed by atoms with E-state index in [1.165, 1.54) is 0 Å². The lowest BCUT2D eigenvalue weighted by Crippen LogP contribution is -2.39. The van der Waals surface area contributed by atoms with E-state index in [0.29, 0.717) is 13.2 Å². The summed E-state index contributed by atoms with van der Waals surface area (Å²) in [7, 11) is 3.97. The first-order valence-electron chi connectivity index (χ1n) is 7.40. The molecule has 22 heavy (non-hydrogen) atoms. The van der Waals surface area contributed by atoms with Crippen molar-refractivity contribution in [1.82, 2.24) is 15.6 Å². The van der Waals surface area contributed by atoms with E-state index < -0.39 is 0 Å². The summed E-state index contributed by atoms with van der Waals surface area (Å²) in [6.07, 6.45) is 1.80. The zero-order valence-electron chi connectivity index (χ0n) is 13.9. The molecule has 2 N–H and O–H groups in total. The van der Waals surface area contributed by atoms with Crippen LogP contribution in [-0.4, -0.2) is 51.3 Å². The molecule has 0 saturated carbocycles. The Morgan fingerprint density at radius 3 is 2.73 bits per heavy atom. The Kier molecular flexibility index (Phi) is 11.8. The molecule has 1 aromatic heterocycles. The molecule has 0 unspecified atom stereocenters. The predicted molar refractivity (Wildman–Crippen MR) is 103 cm³/mol. The lowest BCUT2D eigenvalue weighted by Gasteiger charge is -2.15. The number of hydrogen-bond acceptors (Lipinski definition) is 4. The Bertz CT molecular complexity index is 440. The zero-order valence-corrected chi connectivity index (χ0v) is 16.3. The summed E-state index contributed by atoms with van der Waals surface area (Å²) < 4.78 is 5.31. The van der Waals surface area contributed by atoms with E-state index in [0.717, 1.165) is 37.0 Å². The van der Waals surface area contributed by atoms with Crippen LogP contribution in [-0.2, 0) is 11.3 Å². The Morgan fingerprint density at radius 1 is 1.32 bits per heavy atom. The van der Waals surface area contributed by atoms with Crippen molar-refractivity contribution in [2.75, 3.05) is 45.3 Å². The summed E-state index contributed by atoms with van der Waals surface area (Å²) in [6.45, 7) is 7.61. The van der Waals surface area contributed by atoms with Crippen LogP contribution in [0.15, 0.2) is 23.3 Å². The summed E-state index contributed by atoms with van der Waals surface area (Å²) in [6, 6.07) is 3.99. The first-order chi connectivity index (χ1) is 10.2. The lowest BCUT2D eigenvalue weighted by atomic mass is 10.2. The summed E-state index contributed by atoms with van der Waals surface area (Å²) >= 11 is 0. The summed E-state index contributed by atoms with van der Waals surface area (Å²) in [5.41, 5.74) is 1.10. The molecule has 126 valence electrons. The normalized spacial score (nSPS) is 10.8. The van der Waals surface area contributed by atoms with Crippen molar-refractivity contribution in [1.29, 1.82) is 0 Å². The van der Waals surface area contributed by atoms with Crippen molar-refractivity contribution in [3.8, 4) is 0 Å². The predicted octanol–water partition coefficient (Wildman–Crippen LogP) is 1.86. The van der Waals surface area contributed by atoms with E-state index in [1.54, 1.807) is 6.20 Å². The van der Waals surface area contributed by atoms with E-state index in [4.69, 9.17) is 4.74 Å². The number of aromatic nitrogens is 1. The molecule has 6 nitrogen and oxygen atoms in total. The van der Waals surface area contributed by atoms with E-state index in [9.17, 15) is 0 Å². The van der Waals surface area contributed by atoms with Crippen LogP contribution in [0.2, 0.25) is 0 Å². The highest BCUT2D eigenvalue weighted by atomic mass is 127. The van der Waals surface area contributed by atoms with Gasteiger partial charge in [0.2, 0.25) is 0 Å². The van der Waals surface area contributed by atoms with Gasteiger partial charge in [-0.25, -0.2) is 9.98 Å². The molecule has 0 fully saturated rings. The van der Waals surface area contributed by atoms with Gasteiger partial charge in [0, 0.05) is 45.6 Å². The van der Waals surface area contributed by atoms with Gasteiger partial charge in [-0.1, -0.05) is 6.07 Å². The average molecular weight is 421 g/mol. The van der Waals surface area contributed by atoms with Gasteiger partial charge >= 0.3 is 0 Å². The quantitative estimate of drug-likeness (QED) is 0.291. The van der Waals surface area contributed by atoms with Gasteiger partial charge in [0.25, 0.3) is 0 Å². The van der Waals surface area contributed by atoms with Gasteiger partial charge in [0.05, 0.1) is 13.2 Å². The molecule has 0 radical (unpaired) electrons. The van der Waals surface area contributed by atoms with Crippen molar-refractivity contribution in [3.05, 3.63) is 23.9 Å². The molecular weight excluding hydrogens is 393 g/mol. The fraction of sp³-hybridized carbons (Fsp3) is 0.600. The molecule has 0 aliphatic carbocycles. The smallest absolute Gasteiger partial charge is 0.191 e. The number of rotatable bonds is 8. The highest BCUT2D eigenvalue weighted by molar-refractivity contribution is 14.0. The second kappa shape index (κ2) is 12.5. The van der Waals surface area contributed by atoms with Crippen LogP contribution in [0.25, 0.3) is 0 Å². The topological polar surface area (TPSA) is 61.8 Å². The Morgan fingerprint density at radius 2 is 2.09 bits per heavy atom. The maximum absolute atomic E-state index is 5.31. The van der Waals surface area contributed by atoms with Gasteiger partial charge in [-0.05, 0) is 19.9 Å². The fourth-order valence-corrected chi connectivity index (χ4v) is 1.85.